The lowest BCUT2D eigenvalue weighted by Gasteiger charge is -2.34. The number of benzene rings is 3. The molecule has 11 nitrogen and oxygen atoms in total. The normalized spacial score (nSPS) is 12.0. The molecule has 3 aromatic rings. The van der Waals surface area contributed by atoms with Gasteiger partial charge in [-0.15, -0.1) is 0 Å². The number of methoxy groups -OCH3 is 1. The zero-order valence-corrected chi connectivity index (χ0v) is 24.5. The molecule has 0 spiro atoms. The van der Waals surface area contributed by atoms with Gasteiger partial charge in [-0.1, -0.05) is 48.5 Å². The van der Waals surface area contributed by atoms with Crippen LogP contribution in [0.3, 0.4) is 0 Å². The number of non-ortho nitro benzene ring substituents is 1. The first kappa shape index (κ1) is 32.0. The predicted octanol–water partition coefficient (Wildman–Crippen LogP) is 3.67. The number of carbonyl (C=O) groups excluding carboxylic acids is 2. The second kappa shape index (κ2) is 13.9. The Morgan fingerprint density at radius 3 is 2.26 bits per heavy atom. The number of hydrogen-bond acceptors (Lipinski definition) is 7. The van der Waals surface area contributed by atoms with Gasteiger partial charge in [-0.2, -0.15) is 0 Å². The summed E-state index contributed by atoms with van der Waals surface area (Å²) in [4.78, 5) is 39.5. The van der Waals surface area contributed by atoms with E-state index >= 15 is 0 Å². The highest BCUT2D eigenvalue weighted by molar-refractivity contribution is 7.92. The van der Waals surface area contributed by atoms with Crippen molar-refractivity contribution < 1.29 is 32.1 Å². The number of rotatable bonds is 13. The maximum atomic E-state index is 14.8. The van der Waals surface area contributed by atoms with Crippen LogP contribution in [0.5, 0.6) is 5.75 Å². The molecule has 1 N–H and O–H groups in total. The van der Waals surface area contributed by atoms with E-state index in [1.165, 1.54) is 31.4 Å². The van der Waals surface area contributed by atoms with E-state index < -0.39 is 50.9 Å². The zero-order valence-electron chi connectivity index (χ0n) is 23.7. The summed E-state index contributed by atoms with van der Waals surface area (Å²) in [5, 5.41) is 14.3. The van der Waals surface area contributed by atoms with E-state index in [2.05, 4.69) is 5.32 Å². The molecule has 0 aromatic heterocycles. The number of ether oxygens (including phenoxy) is 1. The summed E-state index contributed by atoms with van der Waals surface area (Å²) >= 11 is 0. The molecule has 3 aromatic carbocycles. The number of carbonyl (C=O) groups is 2. The summed E-state index contributed by atoms with van der Waals surface area (Å²) < 4.78 is 46.7. The van der Waals surface area contributed by atoms with Crippen LogP contribution in [0.4, 0.5) is 15.8 Å². The van der Waals surface area contributed by atoms with Gasteiger partial charge in [-0.3, -0.25) is 24.0 Å². The van der Waals surface area contributed by atoms with Crippen LogP contribution in [0.15, 0.2) is 72.8 Å². The van der Waals surface area contributed by atoms with Crippen LogP contribution in [0.25, 0.3) is 0 Å². The molecule has 0 aliphatic rings. The Morgan fingerprint density at radius 1 is 1.05 bits per heavy atom. The van der Waals surface area contributed by atoms with Gasteiger partial charge in [-0.05, 0) is 31.5 Å². The molecule has 0 bridgehead atoms. The highest BCUT2D eigenvalue weighted by atomic mass is 32.2. The molecule has 3 rings (SSSR count). The SMILES string of the molecule is COc1ccc([N+](=O)[O-])cc1N(CC(=O)N(Cc1ccccc1F)[C@@H](Cc1ccccc1)C(=O)NC(C)C)S(C)(=O)=O. The smallest absolute Gasteiger partial charge is 0.271 e. The zero-order chi connectivity index (χ0) is 31.0. The molecule has 0 saturated carbocycles. The quantitative estimate of drug-likeness (QED) is 0.233. The fraction of sp³-hybridized carbons (Fsp3) is 0.310. The molecule has 42 heavy (non-hydrogen) atoms. The molecule has 1 atom stereocenters. The van der Waals surface area contributed by atoms with Crippen molar-refractivity contribution in [3.8, 4) is 5.75 Å². The first-order valence-corrected chi connectivity index (χ1v) is 14.8. The Labute approximate surface area is 244 Å². The third-order valence-electron chi connectivity index (χ3n) is 6.32. The van der Waals surface area contributed by atoms with Crippen LogP contribution in [-0.2, 0) is 32.6 Å². The van der Waals surface area contributed by atoms with E-state index in [4.69, 9.17) is 4.74 Å². The van der Waals surface area contributed by atoms with Crippen LogP contribution >= 0.6 is 0 Å². The van der Waals surface area contributed by atoms with Gasteiger partial charge in [0.05, 0.1) is 18.3 Å². The first-order chi connectivity index (χ1) is 19.8. The second-order valence-corrected chi connectivity index (χ2v) is 11.8. The van der Waals surface area contributed by atoms with E-state index in [-0.39, 0.29) is 36.0 Å². The van der Waals surface area contributed by atoms with Gasteiger partial charge in [0.1, 0.15) is 29.8 Å². The molecule has 0 heterocycles. The summed E-state index contributed by atoms with van der Waals surface area (Å²) in [7, 11) is -2.96. The predicted molar refractivity (Wildman–Crippen MR) is 156 cm³/mol. The average molecular weight is 601 g/mol. The molecule has 2 amide bonds. The Morgan fingerprint density at radius 2 is 1.69 bits per heavy atom. The Balaban J connectivity index is 2.14. The highest BCUT2D eigenvalue weighted by Crippen LogP contribution is 2.34. The number of nitrogens with zero attached hydrogens (tertiary/aromatic N) is 3. The average Bonchev–Trinajstić information content (AvgIpc) is 2.93. The second-order valence-electron chi connectivity index (χ2n) is 9.86. The first-order valence-electron chi connectivity index (χ1n) is 13.0. The minimum Gasteiger partial charge on any atom is -0.495 e. The third-order valence-corrected chi connectivity index (χ3v) is 7.45. The van der Waals surface area contributed by atoms with Crippen LogP contribution in [0.2, 0.25) is 0 Å². The van der Waals surface area contributed by atoms with Crippen molar-refractivity contribution in [3.63, 3.8) is 0 Å². The van der Waals surface area contributed by atoms with Crippen molar-refractivity contribution in [3.05, 3.63) is 99.9 Å². The molecular formula is C29H33FN4O7S. The number of sulfonamides is 1. The maximum absolute atomic E-state index is 14.8. The number of nitrogens with one attached hydrogen (secondary N) is 1. The van der Waals surface area contributed by atoms with Gasteiger partial charge < -0.3 is 15.0 Å². The van der Waals surface area contributed by atoms with Gasteiger partial charge in [0, 0.05) is 36.7 Å². The van der Waals surface area contributed by atoms with Gasteiger partial charge in [0.15, 0.2) is 0 Å². The van der Waals surface area contributed by atoms with Crippen LogP contribution in [-0.4, -0.2) is 62.0 Å². The topological polar surface area (TPSA) is 139 Å². The molecule has 0 unspecified atom stereocenters. The largest absolute Gasteiger partial charge is 0.495 e. The molecule has 0 aliphatic carbocycles. The molecule has 0 saturated heterocycles. The molecule has 0 aliphatic heterocycles. The lowest BCUT2D eigenvalue weighted by Crippen LogP contribution is -2.54. The number of anilines is 1. The lowest BCUT2D eigenvalue weighted by molar-refractivity contribution is -0.384. The summed E-state index contributed by atoms with van der Waals surface area (Å²) in [6, 6.07) is 16.5. The van der Waals surface area contributed by atoms with Gasteiger partial charge >= 0.3 is 0 Å². The molecule has 224 valence electrons. The van der Waals surface area contributed by atoms with E-state index in [1.807, 2.05) is 0 Å². The van der Waals surface area contributed by atoms with Crippen molar-refractivity contribution in [1.29, 1.82) is 0 Å². The van der Waals surface area contributed by atoms with Crippen molar-refractivity contribution in [2.45, 2.75) is 38.9 Å². The Hall–Kier alpha value is -4.52. The summed E-state index contributed by atoms with van der Waals surface area (Å²) in [6.07, 6.45) is 0.894. The fourth-order valence-electron chi connectivity index (χ4n) is 4.33. The molecule has 13 heteroatoms. The summed E-state index contributed by atoms with van der Waals surface area (Å²) in [5.74, 6) is -1.99. The molecule has 0 radical (unpaired) electrons. The van der Waals surface area contributed by atoms with Gasteiger partial charge in [-0.25, -0.2) is 12.8 Å². The standard InChI is InChI=1S/C29H33FN4O7S/c1-20(2)31-29(36)26(16-21-10-6-5-7-11-21)32(18-22-12-8-9-13-24(22)30)28(35)19-33(42(4,39)40)25-17-23(34(37)38)14-15-27(25)41-3/h5-15,17,20,26H,16,18-19H2,1-4H3,(H,31,36)/t26-/m0/s1. The van der Waals surface area contributed by atoms with E-state index in [1.54, 1.807) is 50.2 Å². The highest BCUT2D eigenvalue weighted by Gasteiger charge is 2.34. The van der Waals surface area contributed by atoms with Crippen molar-refractivity contribution in [2.75, 3.05) is 24.2 Å². The molecule has 0 fully saturated rings. The van der Waals surface area contributed by atoms with Gasteiger partial charge in [0.2, 0.25) is 21.8 Å². The summed E-state index contributed by atoms with van der Waals surface area (Å²) in [5.41, 5.74) is 0.168. The minimum absolute atomic E-state index is 0.0298. The number of nitro benzene ring substituents is 1. The monoisotopic (exact) mass is 600 g/mol. The maximum Gasteiger partial charge on any atom is 0.271 e. The third kappa shape index (κ3) is 8.26. The van der Waals surface area contributed by atoms with Crippen LogP contribution < -0.4 is 14.4 Å². The lowest BCUT2D eigenvalue weighted by atomic mass is 10.0. The Kier molecular flexibility index (Phi) is 10.6. The van der Waals surface area contributed by atoms with Crippen LogP contribution in [0, 0.1) is 15.9 Å². The number of hydrogen-bond donors (Lipinski definition) is 1. The van der Waals surface area contributed by atoms with Gasteiger partial charge in [0.25, 0.3) is 5.69 Å². The van der Waals surface area contributed by atoms with Crippen LogP contribution in [0.1, 0.15) is 25.0 Å². The Bertz CT molecular complexity index is 1530. The van der Waals surface area contributed by atoms with E-state index in [0.717, 1.165) is 23.3 Å². The number of halogens is 1. The minimum atomic E-state index is -4.22. The number of nitro groups is 1. The van der Waals surface area contributed by atoms with Crippen molar-refractivity contribution in [1.82, 2.24) is 10.2 Å². The van der Waals surface area contributed by atoms with E-state index in [9.17, 15) is 32.5 Å². The number of amides is 2. The van der Waals surface area contributed by atoms with E-state index in [0.29, 0.717) is 9.87 Å². The van der Waals surface area contributed by atoms with Crippen molar-refractivity contribution in [2.24, 2.45) is 0 Å². The fourth-order valence-corrected chi connectivity index (χ4v) is 5.17. The molecular weight excluding hydrogens is 567 g/mol. The van der Waals surface area contributed by atoms with Crippen molar-refractivity contribution >= 4 is 33.2 Å². The summed E-state index contributed by atoms with van der Waals surface area (Å²) in [6.45, 7) is 2.31.